The Balaban J connectivity index is 2.00. The minimum Gasteiger partial charge on any atom is -0.342 e. The Bertz CT molecular complexity index is 673. The number of alkyl halides is 2. The smallest absolute Gasteiger partial charge is 0.342 e. The van der Waals surface area contributed by atoms with Crippen LogP contribution in [0.15, 0.2) is 21.9 Å². The number of rotatable bonds is 1. The number of aromatic amines is 1. The van der Waals surface area contributed by atoms with Gasteiger partial charge in [0.05, 0.1) is 0 Å². The fourth-order valence-electron chi connectivity index (χ4n) is 2.10. The quantitative estimate of drug-likeness (QED) is 0.741. The first-order chi connectivity index (χ1) is 9.39. The standard InChI is InChI=1S/C9H7F2N2O6P/c10-9(11)6-4(3-17-20(16)19-6)18-7(9)13-2-1-5(14)12-8(13)15/h1-2,4,6-7H,3H2/p+1/t4-,6-,7-/m1/s1. The van der Waals surface area contributed by atoms with Crippen molar-refractivity contribution in [2.24, 2.45) is 0 Å². The fraction of sp³-hybridized carbons (Fsp3) is 0.556. The van der Waals surface area contributed by atoms with E-state index >= 15 is 0 Å². The van der Waals surface area contributed by atoms with E-state index < -0.39 is 43.9 Å². The van der Waals surface area contributed by atoms with Gasteiger partial charge in [0.2, 0.25) is 12.3 Å². The number of nitrogens with one attached hydrogen (secondary N) is 1. The van der Waals surface area contributed by atoms with Crippen LogP contribution in [-0.4, -0.2) is 34.3 Å². The molecule has 0 spiro atoms. The summed E-state index contributed by atoms with van der Waals surface area (Å²) in [6, 6.07) is 0.917. The van der Waals surface area contributed by atoms with Crippen LogP contribution in [0.1, 0.15) is 6.23 Å². The molecule has 0 saturated carbocycles. The second-order valence-electron chi connectivity index (χ2n) is 4.26. The molecule has 0 aromatic carbocycles. The molecule has 0 radical (unpaired) electrons. The van der Waals surface area contributed by atoms with Gasteiger partial charge in [0, 0.05) is 16.8 Å². The number of halogens is 2. The summed E-state index contributed by atoms with van der Waals surface area (Å²) in [5.41, 5.74) is -1.75. The van der Waals surface area contributed by atoms with Crippen LogP contribution in [0.3, 0.4) is 0 Å². The molecular formula is C9H8F2N2O6P+. The molecule has 11 heteroatoms. The number of H-pyrrole nitrogens is 1. The van der Waals surface area contributed by atoms with Crippen molar-refractivity contribution in [3.05, 3.63) is 33.1 Å². The number of fused-ring (bicyclic) bond motifs is 1. The molecule has 2 aliphatic rings. The summed E-state index contributed by atoms with van der Waals surface area (Å²) in [5.74, 6) is -3.60. The van der Waals surface area contributed by atoms with Gasteiger partial charge in [0.25, 0.3) is 5.56 Å². The molecule has 2 aliphatic heterocycles. The zero-order valence-electron chi connectivity index (χ0n) is 9.69. The first-order valence-corrected chi connectivity index (χ1v) is 6.61. The molecule has 1 aromatic heterocycles. The van der Waals surface area contributed by atoms with Gasteiger partial charge < -0.3 is 4.74 Å². The number of hydrogen-bond donors (Lipinski definition) is 1. The Morgan fingerprint density at radius 2 is 2.20 bits per heavy atom. The van der Waals surface area contributed by atoms with Crippen molar-refractivity contribution in [2.75, 3.05) is 6.61 Å². The molecule has 1 N–H and O–H groups in total. The fourth-order valence-corrected chi connectivity index (χ4v) is 2.89. The number of nitrogens with zero attached hydrogens (tertiary/aromatic N) is 1. The summed E-state index contributed by atoms with van der Waals surface area (Å²) in [6.45, 7) is -0.329. The topological polar surface area (TPSA) is 99.6 Å². The van der Waals surface area contributed by atoms with Gasteiger partial charge in [-0.3, -0.25) is 14.3 Å². The average Bonchev–Trinajstić information content (AvgIpc) is 2.62. The lowest BCUT2D eigenvalue weighted by molar-refractivity contribution is -0.135. The average molecular weight is 309 g/mol. The largest absolute Gasteiger partial charge is 0.698 e. The van der Waals surface area contributed by atoms with Crippen molar-refractivity contribution in [1.29, 1.82) is 0 Å². The van der Waals surface area contributed by atoms with E-state index in [9.17, 15) is 22.9 Å². The summed E-state index contributed by atoms with van der Waals surface area (Å²) in [5, 5.41) is 0. The predicted octanol–water partition coefficient (Wildman–Crippen LogP) is 0.142. The van der Waals surface area contributed by atoms with Gasteiger partial charge in [-0.05, 0) is 0 Å². The van der Waals surface area contributed by atoms with Gasteiger partial charge in [-0.1, -0.05) is 0 Å². The Labute approximate surface area is 110 Å². The SMILES string of the molecule is O=c1ccn([C@@H]2O[C@@H]3CO[P+](=O)O[C@H]3C2(F)F)c(=O)[nH]1. The Kier molecular flexibility index (Phi) is 3.05. The van der Waals surface area contributed by atoms with Gasteiger partial charge in [-0.15, -0.1) is 9.05 Å². The molecular weight excluding hydrogens is 301 g/mol. The van der Waals surface area contributed by atoms with Gasteiger partial charge >= 0.3 is 19.9 Å². The van der Waals surface area contributed by atoms with Crippen molar-refractivity contribution in [2.45, 2.75) is 24.4 Å². The van der Waals surface area contributed by atoms with E-state index in [1.165, 1.54) is 0 Å². The third-order valence-electron chi connectivity index (χ3n) is 3.00. The second kappa shape index (κ2) is 4.52. The number of ether oxygens (including phenoxy) is 1. The van der Waals surface area contributed by atoms with Crippen LogP contribution < -0.4 is 11.2 Å². The highest BCUT2D eigenvalue weighted by Crippen LogP contribution is 2.50. The Hall–Kier alpha value is -1.48. The van der Waals surface area contributed by atoms with Crippen molar-refractivity contribution in [3.8, 4) is 0 Å². The maximum Gasteiger partial charge on any atom is 0.698 e. The van der Waals surface area contributed by atoms with Crippen molar-refractivity contribution in [1.82, 2.24) is 9.55 Å². The molecule has 1 aromatic rings. The minimum atomic E-state index is -3.60. The highest BCUT2D eigenvalue weighted by atomic mass is 31.1. The monoisotopic (exact) mass is 309 g/mol. The van der Waals surface area contributed by atoms with Crippen LogP contribution >= 0.6 is 8.25 Å². The van der Waals surface area contributed by atoms with E-state index in [0.29, 0.717) is 4.57 Å². The van der Waals surface area contributed by atoms with Crippen molar-refractivity contribution < 1.29 is 27.1 Å². The summed E-state index contributed by atoms with van der Waals surface area (Å²) >= 11 is 0. The molecule has 20 heavy (non-hydrogen) atoms. The molecule has 2 fully saturated rings. The van der Waals surface area contributed by atoms with E-state index in [0.717, 1.165) is 12.3 Å². The molecule has 0 bridgehead atoms. The normalized spacial score (nSPS) is 33.9. The van der Waals surface area contributed by atoms with E-state index in [1.807, 2.05) is 4.98 Å². The Morgan fingerprint density at radius 1 is 1.45 bits per heavy atom. The van der Waals surface area contributed by atoms with Crippen LogP contribution in [0.2, 0.25) is 0 Å². The third-order valence-corrected chi connectivity index (χ3v) is 3.76. The lowest BCUT2D eigenvalue weighted by Crippen LogP contribution is -2.44. The van der Waals surface area contributed by atoms with Crippen LogP contribution in [0, 0.1) is 0 Å². The summed E-state index contributed by atoms with van der Waals surface area (Å²) < 4.78 is 54.2. The number of hydrogen-bond acceptors (Lipinski definition) is 6. The van der Waals surface area contributed by atoms with E-state index in [-0.39, 0.29) is 6.61 Å². The zero-order valence-corrected chi connectivity index (χ0v) is 10.6. The predicted molar refractivity (Wildman–Crippen MR) is 58.6 cm³/mol. The molecule has 0 amide bonds. The Morgan fingerprint density at radius 3 is 2.90 bits per heavy atom. The van der Waals surface area contributed by atoms with Gasteiger partial charge in [-0.2, -0.15) is 8.78 Å². The number of aromatic nitrogens is 2. The maximum atomic E-state index is 14.2. The van der Waals surface area contributed by atoms with Crippen molar-refractivity contribution in [3.63, 3.8) is 0 Å². The lowest BCUT2D eigenvalue weighted by atomic mass is 10.1. The second-order valence-corrected chi connectivity index (χ2v) is 5.18. The summed E-state index contributed by atoms with van der Waals surface area (Å²) in [6.07, 6.45) is -3.99. The molecule has 4 atom stereocenters. The van der Waals surface area contributed by atoms with E-state index in [4.69, 9.17) is 4.74 Å². The minimum absolute atomic E-state index is 0.329. The maximum absolute atomic E-state index is 14.2. The highest BCUT2D eigenvalue weighted by Gasteiger charge is 2.66. The van der Waals surface area contributed by atoms with Crippen molar-refractivity contribution >= 4 is 8.25 Å². The van der Waals surface area contributed by atoms with Gasteiger partial charge in [-0.25, -0.2) is 4.79 Å². The third kappa shape index (κ3) is 2.01. The molecule has 1 unspecified atom stereocenters. The molecule has 2 saturated heterocycles. The zero-order chi connectivity index (χ0) is 14.5. The van der Waals surface area contributed by atoms with Crippen LogP contribution in [0.5, 0.6) is 0 Å². The summed E-state index contributed by atoms with van der Waals surface area (Å²) in [4.78, 5) is 24.3. The lowest BCUT2D eigenvalue weighted by Gasteiger charge is -2.21. The molecule has 3 heterocycles. The molecule has 0 aliphatic carbocycles. The highest BCUT2D eigenvalue weighted by molar-refractivity contribution is 7.33. The van der Waals surface area contributed by atoms with Gasteiger partial charge in [0.1, 0.15) is 12.7 Å². The molecule has 8 nitrogen and oxygen atoms in total. The summed E-state index contributed by atoms with van der Waals surface area (Å²) in [7, 11) is -2.64. The van der Waals surface area contributed by atoms with Gasteiger partial charge in [0.15, 0.2) is 0 Å². The van der Waals surface area contributed by atoms with Crippen LogP contribution in [-0.2, 0) is 18.3 Å². The van der Waals surface area contributed by atoms with E-state index in [1.54, 1.807) is 0 Å². The van der Waals surface area contributed by atoms with Crippen LogP contribution in [0.25, 0.3) is 0 Å². The molecule has 3 rings (SSSR count). The van der Waals surface area contributed by atoms with Crippen LogP contribution in [0.4, 0.5) is 8.78 Å². The first-order valence-electron chi connectivity index (χ1n) is 5.51. The first kappa shape index (κ1) is 13.5. The molecule has 108 valence electrons. The van der Waals surface area contributed by atoms with E-state index in [2.05, 4.69) is 9.05 Å².